The van der Waals surface area contributed by atoms with Gasteiger partial charge in [-0.25, -0.2) is 17.6 Å². The molecule has 12 rings (SSSR count). The number of methoxy groups -OCH3 is 4. The number of rotatable bonds is 16. The van der Waals surface area contributed by atoms with Gasteiger partial charge in [0, 0.05) is 59.3 Å². The van der Waals surface area contributed by atoms with Gasteiger partial charge < -0.3 is 48.1 Å². The van der Waals surface area contributed by atoms with Crippen LogP contribution >= 0.6 is 31.9 Å². The van der Waals surface area contributed by atoms with Gasteiger partial charge in [0.05, 0.1) is 66.1 Å². The summed E-state index contributed by atoms with van der Waals surface area (Å²) in [5.41, 5.74) is 13.2. The van der Waals surface area contributed by atoms with Gasteiger partial charge in [-0.3, -0.25) is 0 Å². The molecule has 4 saturated heterocycles. The standard InChI is InChI=1S/2C20H22BrFO2.2C20H23FO3/c2*1-20(2)8-9-24-19(20)17-10-13(12-21)4-6-15(17)16-11-14(23-3)5-7-18(16)22;2*1-20(2)8-9-24-19(20)17-10-13(12-22)4-6-15(17)16-11-14(23-3)5-7-18(16)21/h2*4-7,10-11,19H,8-9,12H2,1-3H3;2*4-7,10-11,19,22H,8-9,12H2,1-3H3/t4*19-/m1010/s1. The molecule has 4 aliphatic heterocycles. The lowest BCUT2D eigenvalue weighted by atomic mass is 9.79. The number of aliphatic hydroxyl groups excluding tert-OH is 2. The van der Waals surface area contributed by atoms with Crippen LogP contribution in [0.5, 0.6) is 23.0 Å². The van der Waals surface area contributed by atoms with Crippen LogP contribution in [0.1, 0.15) is 150 Å². The van der Waals surface area contributed by atoms with E-state index in [-0.39, 0.29) is 82.6 Å². The summed E-state index contributed by atoms with van der Waals surface area (Å²) in [6.45, 7) is 20.2. The molecule has 0 spiro atoms. The molecule has 0 radical (unpaired) electrons. The molecule has 0 saturated carbocycles. The average molecular weight is 1450 g/mol. The summed E-state index contributed by atoms with van der Waals surface area (Å²) in [7, 11) is 6.32. The molecule has 0 aromatic heterocycles. The van der Waals surface area contributed by atoms with E-state index < -0.39 is 0 Å². The van der Waals surface area contributed by atoms with Crippen molar-refractivity contribution < 1.29 is 65.7 Å². The van der Waals surface area contributed by atoms with Crippen molar-refractivity contribution in [2.24, 2.45) is 21.7 Å². The Kier molecular flexibility index (Phi) is 24.5. The molecular weight excluding hydrogens is 1360 g/mol. The molecule has 0 amide bonds. The Bertz CT molecular complexity index is 3470. The lowest BCUT2D eigenvalue weighted by molar-refractivity contribution is 0.0639. The molecule has 0 bridgehead atoms. The molecule has 4 fully saturated rings. The quantitative estimate of drug-likeness (QED) is 0.0716. The largest absolute Gasteiger partial charge is 0.497 e. The minimum atomic E-state index is -0.301. The average Bonchev–Trinajstić information content (AvgIpc) is 1.38. The topological polar surface area (TPSA) is 114 Å². The Morgan fingerprint density at radius 1 is 0.333 bits per heavy atom. The van der Waals surface area contributed by atoms with Gasteiger partial charge in [0.15, 0.2) is 0 Å². The molecule has 512 valence electrons. The van der Waals surface area contributed by atoms with Crippen LogP contribution in [0.2, 0.25) is 0 Å². The van der Waals surface area contributed by atoms with Crippen molar-refractivity contribution in [2.45, 2.75) is 129 Å². The Morgan fingerprint density at radius 3 is 0.740 bits per heavy atom. The van der Waals surface area contributed by atoms with Gasteiger partial charge in [0.1, 0.15) is 46.3 Å². The summed E-state index contributed by atoms with van der Waals surface area (Å²) in [6.07, 6.45) is 3.53. The summed E-state index contributed by atoms with van der Waals surface area (Å²) in [5.74, 6) is 1.40. The predicted octanol–water partition coefficient (Wildman–Crippen LogP) is 20.7. The fraction of sp³-hybridized carbons (Fsp3) is 0.400. The first kappa shape index (κ1) is 73.6. The molecule has 8 aromatic rings. The molecular formula is C80H90Br2F4O10. The number of ether oxygens (including phenoxy) is 8. The summed E-state index contributed by atoms with van der Waals surface area (Å²) >= 11 is 7.02. The second kappa shape index (κ2) is 31.9. The molecule has 0 aliphatic carbocycles. The second-order valence-electron chi connectivity index (χ2n) is 27.6. The minimum Gasteiger partial charge on any atom is -0.497 e. The Hall–Kier alpha value is -6.60. The Morgan fingerprint density at radius 2 is 0.552 bits per heavy atom. The first-order chi connectivity index (χ1) is 45.8. The predicted molar refractivity (Wildman–Crippen MR) is 379 cm³/mol. The number of hydrogen-bond acceptors (Lipinski definition) is 10. The van der Waals surface area contributed by atoms with Crippen LogP contribution < -0.4 is 18.9 Å². The molecule has 16 heteroatoms. The number of halogens is 6. The van der Waals surface area contributed by atoms with E-state index in [1.165, 1.54) is 24.3 Å². The number of benzene rings is 8. The van der Waals surface area contributed by atoms with Crippen molar-refractivity contribution in [3.63, 3.8) is 0 Å². The van der Waals surface area contributed by atoms with Crippen LogP contribution in [0.3, 0.4) is 0 Å². The van der Waals surface area contributed by atoms with Gasteiger partial charge in [-0.15, -0.1) is 0 Å². The van der Waals surface area contributed by atoms with Crippen molar-refractivity contribution in [1.82, 2.24) is 0 Å². The van der Waals surface area contributed by atoms with E-state index in [9.17, 15) is 27.8 Å². The van der Waals surface area contributed by atoms with Crippen molar-refractivity contribution in [3.8, 4) is 67.5 Å². The molecule has 4 aliphatic rings. The normalized spacial score (nSPS) is 19.5. The number of hydrogen-bond donors (Lipinski definition) is 2. The number of alkyl halides is 2. The van der Waals surface area contributed by atoms with Crippen LogP contribution in [0.25, 0.3) is 44.5 Å². The molecule has 0 unspecified atom stereocenters. The maximum absolute atomic E-state index is 14.5. The third-order valence-corrected chi connectivity index (χ3v) is 20.4. The molecule has 96 heavy (non-hydrogen) atoms. The van der Waals surface area contributed by atoms with E-state index in [1.807, 2.05) is 60.7 Å². The molecule has 4 heterocycles. The highest BCUT2D eigenvalue weighted by Gasteiger charge is 2.42. The van der Waals surface area contributed by atoms with Gasteiger partial charge in [0.25, 0.3) is 0 Å². The maximum Gasteiger partial charge on any atom is 0.131 e. The SMILES string of the molecule is COc1ccc(F)c(-c2ccc(CBr)cc2[C@@H]2OCCC2(C)C)c1.COc1ccc(F)c(-c2ccc(CBr)cc2[C@H]2OCCC2(C)C)c1.COc1ccc(F)c(-c2ccc(CO)cc2[C@@H]2OCCC2(C)C)c1.COc1ccc(F)c(-c2ccc(CO)cc2[C@H]2OCCC2(C)C)c1. The highest BCUT2D eigenvalue weighted by molar-refractivity contribution is 9.08. The summed E-state index contributed by atoms with van der Waals surface area (Å²) < 4.78 is 103. The third kappa shape index (κ3) is 16.7. The van der Waals surface area contributed by atoms with Crippen molar-refractivity contribution in [1.29, 1.82) is 0 Å². The van der Waals surface area contributed by atoms with E-state index in [1.54, 1.807) is 77.0 Å². The zero-order chi connectivity index (χ0) is 69.3. The van der Waals surface area contributed by atoms with E-state index in [0.717, 1.165) is 116 Å². The van der Waals surface area contributed by atoms with Crippen LogP contribution in [-0.4, -0.2) is 65.1 Å². The molecule has 4 atom stereocenters. The zero-order valence-electron chi connectivity index (χ0n) is 57.1. The Labute approximate surface area is 580 Å². The smallest absolute Gasteiger partial charge is 0.131 e. The van der Waals surface area contributed by atoms with E-state index in [0.29, 0.717) is 58.5 Å². The summed E-state index contributed by atoms with van der Waals surface area (Å²) in [6, 6.07) is 42.6. The molecule has 2 N–H and O–H groups in total. The van der Waals surface area contributed by atoms with Crippen molar-refractivity contribution >= 4 is 31.9 Å². The van der Waals surface area contributed by atoms with Gasteiger partial charge in [-0.2, -0.15) is 0 Å². The molecule has 8 aromatic carbocycles. The lowest BCUT2D eigenvalue weighted by Crippen LogP contribution is -2.17. The maximum atomic E-state index is 14.5. The minimum absolute atomic E-state index is 0.0228. The first-order valence-electron chi connectivity index (χ1n) is 32.5. The first-order valence-corrected chi connectivity index (χ1v) is 34.8. The van der Waals surface area contributed by atoms with Crippen molar-refractivity contribution in [2.75, 3.05) is 54.9 Å². The monoisotopic (exact) mass is 1440 g/mol. The molecule has 10 nitrogen and oxygen atoms in total. The summed E-state index contributed by atoms with van der Waals surface area (Å²) in [5, 5.41) is 20.5. The third-order valence-electron chi connectivity index (χ3n) is 19.1. The van der Waals surface area contributed by atoms with E-state index in [2.05, 4.69) is 99.4 Å². The van der Waals surface area contributed by atoms with Crippen molar-refractivity contribution in [3.05, 3.63) is 213 Å². The second-order valence-corrected chi connectivity index (χ2v) is 28.7. The fourth-order valence-corrected chi connectivity index (χ4v) is 13.9. The van der Waals surface area contributed by atoms with Gasteiger partial charge in [0.2, 0.25) is 0 Å². The highest BCUT2D eigenvalue weighted by atomic mass is 79.9. The van der Waals surface area contributed by atoms with Gasteiger partial charge in [-0.05, 0) is 187 Å². The number of aliphatic hydroxyl groups is 2. The van der Waals surface area contributed by atoms with E-state index >= 15 is 0 Å². The van der Waals surface area contributed by atoms with Gasteiger partial charge in [-0.1, -0.05) is 160 Å². The zero-order valence-corrected chi connectivity index (χ0v) is 60.3. The Balaban J connectivity index is 0.000000150. The summed E-state index contributed by atoms with van der Waals surface area (Å²) in [4.78, 5) is 0. The fourth-order valence-electron chi connectivity index (χ4n) is 13.2. The van der Waals surface area contributed by atoms with Crippen LogP contribution in [0, 0.1) is 44.9 Å². The van der Waals surface area contributed by atoms with Crippen LogP contribution in [0.15, 0.2) is 146 Å². The highest BCUT2D eigenvalue weighted by Crippen LogP contribution is 2.52. The van der Waals surface area contributed by atoms with E-state index in [4.69, 9.17) is 37.9 Å². The van der Waals surface area contributed by atoms with Gasteiger partial charge >= 0.3 is 0 Å². The van der Waals surface area contributed by atoms with Crippen LogP contribution in [0.4, 0.5) is 17.6 Å². The lowest BCUT2D eigenvalue weighted by Gasteiger charge is -2.28. The van der Waals surface area contributed by atoms with Crippen LogP contribution in [-0.2, 0) is 42.8 Å².